The highest BCUT2D eigenvalue weighted by Gasteiger charge is 2.06. The van der Waals surface area contributed by atoms with E-state index in [9.17, 15) is 4.79 Å². The Bertz CT molecular complexity index is 566. The van der Waals surface area contributed by atoms with E-state index in [0.717, 1.165) is 5.56 Å². The van der Waals surface area contributed by atoms with E-state index in [0.29, 0.717) is 5.69 Å². The summed E-state index contributed by atoms with van der Waals surface area (Å²) >= 11 is 0. The van der Waals surface area contributed by atoms with Crippen molar-refractivity contribution in [2.75, 3.05) is 0 Å². The van der Waals surface area contributed by atoms with E-state index in [4.69, 9.17) is 5.26 Å². The van der Waals surface area contributed by atoms with Crippen molar-refractivity contribution in [1.82, 2.24) is 10.2 Å². The summed E-state index contributed by atoms with van der Waals surface area (Å²) in [7, 11) is 0. The third-order valence-electron chi connectivity index (χ3n) is 1.98. The Balaban J connectivity index is 2.65. The van der Waals surface area contributed by atoms with Crippen LogP contribution in [0.15, 0.2) is 41.2 Å². The van der Waals surface area contributed by atoms with Crippen molar-refractivity contribution in [3.05, 3.63) is 52.3 Å². The summed E-state index contributed by atoms with van der Waals surface area (Å²) in [6, 6.07) is 12.4. The highest BCUT2D eigenvalue weighted by molar-refractivity contribution is 5.65. The predicted molar refractivity (Wildman–Crippen MR) is 55.0 cm³/mol. The second kappa shape index (κ2) is 3.76. The van der Waals surface area contributed by atoms with Crippen molar-refractivity contribution in [3.8, 4) is 17.3 Å². The average molecular weight is 197 g/mol. The lowest BCUT2D eigenvalue weighted by molar-refractivity contribution is 0.990. The third kappa shape index (κ3) is 1.76. The molecule has 1 heterocycles. The Morgan fingerprint density at radius 1 is 1.27 bits per heavy atom. The molecule has 0 amide bonds. The highest BCUT2D eigenvalue weighted by Crippen LogP contribution is 2.17. The molecule has 0 atom stereocenters. The SMILES string of the molecule is N#Cc1cc(=O)[nH]nc1-c1ccccc1. The fourth-order valence-corrected chi connectivity index (χ4v) is 1.30. The van der Waals surface area contributed by atoms with Crippen molar-refractivity contribution in [2.45, 2.75) is 0 Å². The van der Waals surface area contributed by atoms with Crippen LogP contribution in [-0.4, -0.2) is 10.2 Å². The zero-order valence-electron chi connectivity index (χ0n) is 7.77. The van der Waals surface area contributed by atoms with Gasteiger partial charge in [0.05, 0.1) is 5.56 Å². The molecule has 1 aromatic heterocycles. The van der Waals surface area contributed by atoms with E-state index in [1.165, 1.54) is 6.07 Å². The Morgan fingerprint density at radius 3 is 2.67 bits per heavy atom. The second-order valence-electron chi connectivity index (χ2n) is 2.97. The van der Waals surface area contributed by atoms with E-state index in [2.05, 4.69) is 10.2 Å². The lowest BCUT2D eigenvalue weighted by atomic mass is 10.1. The average Bonchev–Trinajstić information content (AvgIpc) is 2.30. The molecule has 0 radical (unpaired) electrons. The van der Waals surface area contributed by atoms with Crippen LogP contribution in [0.2, 0.25) is 0 Å². The summed E-state index contributed by atoms with van der Waals surface area (Å²) in [5, 5.41) is 15.0. The minimum atomic E-state index is -0.369. The lowest BCUT2D eigenvalue weighted by Gasteiger charge is -2.00. The second-order valence-corrected chi connectivity index (χ2v) is 2.97. The molecule has 0 unspecified atom stereocenters. The molecule has 72 valence electrons. The van der Waals surface area contributed by atoms with Gasteiger partial charge >= 0.3 is 0 Å². The molecule has 2 rings (SSSR count). The number of aromatic nitrogens is 2. The van der Waals surface area contributed by atoms with Crippen LogP contribution in [0.3, 0.4) is 0 Å². The molecule has 1 aromatic carbocycles. The quantitative estimate of drug-likeness (QED) is 0.749. The van der Waals surface area contributed by atoms with Gasteiger partial charge < -0.3 is 0 Å². The topological polar surface area (TPSA) is 69.5 Å². The highest BCUT2D eigenvalue weighted by atomic mass is 16.1. The number of nitrogens with zero attached hydrogens (tertiary/aromatic N) is 2. The van der Waals surface area contributed by atoms with Gasteiger partial charge in [-0.3, -0.25) is 4.79 Å². The molecule has 0 aliphatic carbocycles. The number of benzene rings is 1. The minimum Gasteiger partial charge on any atom is -0.268 e. The van der Waals surface area contributed by atoms with Gasteiger partial charge in [-0.15, -0.1) is 0 Å². The van der Waals surface area contributed by atoms with Gasteiger partial charge in [-0.2, -0.15) is 10.4 Å². The molecule has 0 bridgehead atoms. The first-order valence-electron chi connectivity index (χ1n) is 4.36. The van der Waals surface area contributed by atoms with Gasteiger partial charge in [-0.05, 0) is 0 Å². The van der Waals surface area contributed by atoms with E-state index in [1.807, 2.05) is 36.4 Å². The van der Waals surface area contributed by atoms with Crippen LogP contribution in [-0.2, 0) is 0 Å². The fourth-order valence-electron chi connectivity index (χ4n) is 1.30. The lowest BCUT2D eigenvalue weighted by Crippen LogP contribution is -2.08. The smallest absolute Gasteiger partial charge is 0.265 e. The Labute approximate surface area is 85.8 Å². The predicted octanol–water partition coefficient (Wildman–Crippen LogP) is 1.31. The van der Waals surface area contributed by atoms with Crippen LogP contribution in [0.1, 0.15) is 5.56 Å². The van der Waals surface area contributed by atoms with Gasteiger partial charge in [0.1, 0.15) is 11.8 Å². The van der Waals surface area contributed by atoms with Gasteiger partial charge in [-0.1, -0.05) is 30.3 Å². The van der Waals surface area contributed by atoms with Gasteiger partial charge in [0.2, 0.25) is 0 Å². The minimum absolute atomic E-state index is 0.282. The molecular formula is C11H7N3O. The van der Waals surface area contributed by atoms with E-state index < -0.39 is 0 Å². The standard InChI is InChI=1S/C11H7N3O/c12-7-9-6-10(15)13-14-11(9)8-4-2-1-3-5-8/h1-6H,(H,13,15). The Morgan fingerprint density at radius 2 is 2.00 bits per heavy atom. The summed E-state index contributed by atoms with van der Waals surface area (Å²) in [5.74, 6) is 0. The first-order chi connectivity index (χ1) is 7.31. The molecule has 4 nitrogen and oxygen atoms in total. The maximum absolute atomic E-state index is 11.0. The van der Waals surface area contributed by atoms with E-state index in [-0.39, 0.29) is 11.1 Å². The maximum atomic E-state index is 11.0. The molecule has 15 heavy (non-hydrogen) atoms. The Hall–Kier alpha value is -2.41. The fraction of sp³-hybridized carbons (Fsp3) is 0. The number of nitrogens with one attached hydrogen (secondary N) is 1. The number of rotatable bonds is 1. The third-order valence-corrected chi connectivity index (χ3v) is 1.98. The van der Waals surface area contributed by atoms with Crippen LogP contribution in [0.4, 0.5) is 0 Å². The maximum Gasteiger partial charge on any atom is 0.265 e. The molecule has 0 spiro atoms. The monoisotopic (exact) mass is 197 g/mol. The molecule has 0 aliphatic rings. The van der Waals surface area contributed by atoms with Gasteiger partial charge in [0.15, 0.2) is 0 Å². The largest absolute Gasteiger partial charge is 0.268 e. The Kier molecular flexibility index (Phi) is 2.30. The zero-order chi connectivity index (χ0) is 10.7. The summed E-state index contributed by atoms with van der Waals surface area (Å²) in [6.45, 7) is 0. The molecule has 1 N–H and O–H groups in total. The molecule has 4 heteroatoms. The number of hydrogen-bond acceptors (Lipinski definition) is 3. The molecule has 0 saturated carbocycles. The zero-order valence-corrected chi connectivity index (χ0v) is 7.77. The van der Waals surface area contributed by atoms with Crippen LogP contribution < -0.4 is 5.56 Å². The van der Waals surface area contributed by atoms with Gasteiger partial charge in [-0.25, -0.2) is 5.10 Å². The van der Waals surface area contributed by atoms with Crippen molar-refractivity contribution < 1.29 is 0 Å². The number of aromatic amines is 1. The molecule has 0 fully saturated rings. The van der Waals surface area contributed by atoms with Gasteiger partial charge in [0.25, 0.3) is 5.56 Å². The van der Waals surface area contributed by atoms with Crippen LogP contribution in [0.25, 0.3) is 11.3 Å². The molecule has 0 saturated heterocycles. The summed E-state index contributed by atoms with van der Waals surface area (Å²) < 4.78 is 0. The van der Waals surface area contributed by atoms with Crippen molar-refractivity contribution in [3.63, 3.8) is 0 Å². The molecule has 0 aliphatic heterocycles. The van der Waals surface area contributed by atoms with Gasteiger partial charge in [0, 0.05) is 11.6 Å². The molecule has 2 aromatic rings. The summed E-state index contributed by atoms with van der Waals surface area (Å²) in [5.41, 5.74) is 1.22. The normalized spacial score (nSPS) is 9.53. The number of H-pyrrole nitrogens is 1. The first kappa shape index (κ1) is 9.16. The summed E-state index contributed by atoms with van der Waals surface area (Å²) in [4.78, 5) is 11.0. The number of hydrogen-bond donors (Lipinski definition) is 1. The first-order valence-corrected chi connectivity index (χ1v) is 4.36. The summed E-state index contributed by atoms with van der Waals surface area (Å²) in [6.07, 6.45) is 0. The van der Waals surface area contributed by atoms with E-state index in [1.54, 1.807) is 0 Å². The van der Waals surface area contributed by atoms with Crippen LogP contribution >= 0.6 is 0 Å². The van der Waals surface area contributed by atoms with Crippen LogP contribution in [0, 0.1) is 11.3 Å². The number of nitriles is 1. The van der Waals surface area contributed by atoms with Crippen molar-refractivity contribution in [1.29, 1.82) is 5.26 Å². The van der Waals surface area contributed by atoms with Crippen molar-refractivity contribution in [2.24, 2.45) is 0 Å². The van der Waals surface area contributed by atoms with Crippen LogP contribution in [0.5, 0.6) is 0 Å². The van der Waals surface area contributed by atoms with Crippen molar-refractivity contribution >= 4 is 0 Å². The molecular weight excluding hydrogens is 190 g/mol. The van der Waals surface area contributed by atoms with E-state index >= 15 is 0 Å².